The number of anilines is 3. The first kappa shape index (κ1) is 18.1. The summed E-state index contributed by atoms with van der Waals surface area (Å²) in [5.41, 5.74) is 4.86. The van der Waals surface area contributed by atoms with Crippen LogP contribution in [0.1, 0.15) is 0 Å². The summed E-state index contributed by atoms with van der Waals surface area (Å²) in [5, 5.41) is 5.24. The van der Waals surface area contributed by atoms with E-state index in [1.54, 1.807) is 0 Å². The van der Waals surface area contributed by atoms with Crippen LogP contribution in [0.25, 0.3) is 32.7 Å². The Labute approximate surface area is 184 Å². The van der Waals surface area contributed by atoms with Crippen LogP contribution in [-0.2, 0) is 0 Å². The van der Waals surface area contributed by atoms with E-state index in [4.69, 9.17) is 16.0 Å². The lowest BCUT2D eigenvalue weighted by Crippen LogP contribution is -2.09. The molecule has 0 spiro atoms. The molecule has 1 heterocycles. The highest BCUT2D eigenvalue weighted by Gasteiger charge is 2.19. The number of para-hydroxylation sites is 2. The molecule has 2 nitrogen and oxygen atoms in total. The number of hydrogen-bond acceptors (Lipinski definition) is 2. The SMILES string of the molecule is Clc1ccc(N(c2ccccc2)c2cccc3c2oc2c4ccccc4ccc32)cc1. The highest BCUT2D eigenvalue weighted by Crippen LogP contribution is 2.43. The molecule has 0 atom stereocenters. The Morgan fingerprint density at radius 2 is 1.19 bits per heavy atom. The number of fused-ring (bicyclic) bond motifs is 5. The van der Waals surface area contributed by atoms with Crippen LogP contribution in [0.15, 0.2) is 114 Å². The molecule has 6 aromatic rings. The van der Waals surface area contributed by atoms with Gasteiger partial charge in [-0.15, -0.1) is 0 Å². The van der Waals surface area contributed by atoms with Gasteiger partial charge in [-0.2, -0.15) is 0 Å². The van der Waals surface area contributed by atoms with Crippen LogP contribution in [0.4, 0.5) is 17.1 Å². The van der Waals surface area contributed by atoms with E-state index >= 15 is 0 Å². The van der Waals surface area contributed by atoms with Gasteiger partial charge in [-0.1, -0.05) is 72.3 Å². The first-order chi connectivity index (χ1) is 15.3. The van der Waals surface area contributed by atoms with E-state index in [0.717, 1.165) is 44.4 Å². The monoisotopic (exact) mass is 419 g/mol. The predicted octanol–water partition coefficient (Wildman–Crippen LogP) is 8.86. The second kappa shape index (κ2) is 7.19. The van der Waals surface area contributed by atoms with Crippen LogP contribution < -0.4 is 4.90 Å². The molecule has 5 aromatic carbocycles. The zero-order chi connectivity index (χ0) is 20.8. The molecule has 0 aliphatic carbocycles. The third kappa shape index (κ3) is 2.96. The first-order valence-corrected chi connectivity index (χ1v) is 10.6. The van der Waals surface area contributed by atoms with Crippen LogP contribution in [0.5, 0.6) is 0 Å². The average molecular weight is 420 g/mol. The lowest BCUT2D eigenvalue weighted by atomic mass is 10.1. The van der Waals surface area contributed by atoms with Gasteiger partial charge in [0.15, 0.2) is 5.58 Å². The van der Waals surface area contributed by atoms with E-state index < -0.39 is 0 Å². The van der Waals surface area contributed by atoms with E-state index in [1.807, 2.05) is 42.5 Å². The largest absolute Gasteiger partial charge is 0.453 e. The van der Waals surface area contributed by atoms with Gasteiger partial charge >= 0.3 is 0 Å². The number of furan rings is 1. The Morgan fingerprint density at radius 3 is 2.03 bits per heavy atom. The molecule has 0 N–H and O–H groups in total. The third-order valence-electron chi connectivity index (χ3n) is 5.71. The standard InChI is InChI=1S/C28H18ClNO/c29-20-14-16-22(17-15-20)30(21-8-2-1-3-9-21)26-12-6-11-24-25-18-13-19-7-4-5-10-23(19)27(25)31-28(24)26/h1-18H. The molecule has 0 bridgehead atoms. The van der Waals surface area contributed by atoms with Crippen LogP contribution >= 0.6 is 11.6 Å². The summed E-state index contributed by atoms with van der Waals surface area (Å²) in [4.78, 5) is 2.21. The van der Waals surface area contributed by atoms with Gasteiger partial charge in [0.2, 0.25) is 0 Å². The minimum atomic E-state index is 0.713. The second-order valence-corrected chi connectivity index (χ2v) is 8.00. The highest BCUT2D eigenvalue weighted by atomic mass is 35.5. The normalized spacial score (nSPS) is 11.4. The number of hydrogen-bond donors (Lipinski definition) is 0. The Kier molecular flexibility index (Phi) is 4.19. The molecule has 0 saturated heterocycles. The van der Waals surface area contributed by atoms with Crippen molar-refractivity contribution in [3.63, 3.8) is 0 Å². The van der Waals surface area contributed by atoms with Gasteiger partial charge in [-0.3, -0.25) is 0 Å². The maximum absolute atomic E-state index is 6.58. The summed E-state index contributed by atoms with van der Waals surface area (Å²) >= 11 is 6.18. The molecule has 148 valence electrons. The zero-order valence-electron chi connectivity index (χ0n) is 16.6. The molecule has 31 heavy (non-hydrogen) atoms. The van der Waals surface area contributed by atoms with Crippen molar-refractivity contribution in [2.45, 2.75) is 0 Å². The fourth-order valence-corrected chi connectivity index (χ4v) is 4.41. The summed E-state index contributed by atoms with van der Waals surface area (Å²) in [5.74, 6) is 0. The minimum Gasteiger partial charge on any atom is -0.453 e. The van der Waals surface area contributed by atoms with Gasteiger partial charge in [-0.05, 0) is 53.9 Å². The minimum absolute atomic E-state index is 0.713. The van der Waals surface area contributed by atoms with Gasteiger partial charge in [0.05, 0.1) is 5.69 Å². The number of benzene rings is 5. The van der Waals surface area contributed by atoms with Crippen molar-refractivity contribution in [1.82, 2.24) is 0 Å². The Balaban J connectivity index is 1.67. The predicted molar refractivity (Wildman–Crippen MR) is 131 cm³/mol. The first-order valence-electron chi connectivity index (χ1n) is 10.2. The van der Waals surface area contributed by atoms with E-state index in [-0.39, 0.29) is 0 Å². The van der Waals surface area contributed by atoms with Crippen molar-refractivity contribution < 1.29 is 4.42 Å². The summed E-state index contributed by atoms with van der Waals surface area (Å²) < 4.78 is 6.58. The van der Waals surface area contributed by atoms with E-state index in [9.17, 15) is 0 Å². The average Bonchev–Trinajstić information content (AvgIpc) is 3.21. The number of halogens is 1. The molecule has 0 amide bonds. The Hall–Kier alpha value is -3.75. The van der Waals surface area contributed by atoms with Crippen molar-refractivity contribution in [3.05, 3.63) is 114 Å². The molecule has 0 radical (unpaired) electrons. The smallest absolute Gasteiger partial charge is 0.159 e. The van der Waals surface area contributed by atoms with E-state index in [0.29, 0.717) is 5.02 Å². The molecule has 1 aromatic heterocycles. The molecule has 0 unspecified atom stereocenters. The molecular weight excluding hydrogens is 402 g/mol. The van der Waals surface area contributed by atoms with Gasteiger partial charge in [0.1, 0.15) is 5.58 Å². The van der Waals surface area contributed by atoms with Crippen LogP contribution in [-0.4, -0.2) is 0 Å². The van der Waals surface area contributed by atoms with Gasteiger partial charge in [0, 0.05) is 32.6 Å². The van der Waals surface area contributed by atoms with Crippen molar-refractivity contribution >= 4 is 61.4 Å². The maximum Gasteiger partial charge on any atom is 0.159 e. The quantitative estimate of drug-likeness (QED) is 0.284. The van der Waals surface area contributed by atoms with Crippen molar-refractivity contribution in [2.75, 3.05) is 4.90 Å². The van der Waals surface area contributed by atoms with Crippen LogP contribution in [0, 0.1) is 0 Å². The van der Waals surface area contributed by atoms with Gasteiger partial charge in [0.25, 0.3) is 0 Å². The van der Waals surface area contributed by atoms with E-state index in [1.165, 1.54) is 5.39 Å². The van der Waals surface area contributed by atoms with Crippen LogP contribution in [0.2, 0.25) is 5.02 Å². The van der Waals surface area contributed by atoms with E-state index in [2.05, 4.69) is 71.6 Å². The van der Waals surface area contributed by atoms with Crippen molar-refractivity contribution in [2.24, 2.45) is 0 Å². The summed E-state index contributed by atoms with van der Waals surface area (Å²) in [6.07, 6.45) is 0. The Bertz CT molecular complexity index is 1530. The summed E-state index contributed by atoms with van der Waals surface area (Å²) in [6.45, 7) is 0. The highest BCUT2D eigenvalue weighted by molar-refractivity contribution is 6.30. The van der Waals surface area contributed by atoms with Crippen molar-refractivity contribution in [3.8, 4) is 0 Å². The van der Waals surface area contributed by atoms with Gasteiger partial charge < -0.3 is 9.32 Å². The van der Waals surface area contributed by atoms with Gasteiger partial charge in [-0.25, -0.2) is 0 Å². The number of nitrogens with zero attached hydrogens (tertiary/aromatic N) is 1. The third-order valence-corrected chi connectivity index (χ3v) is 5.96. The molecule has 0 saturated carbocycles. The summed E-state index contributed by atoms with van der Waals surface area (Å²) in [7, 11) is 0. The topological polar surface area (TPSA) is 16.4 Å². The fraction of sp³-hybridized carbons (Fsp3) is 0. The summed E-state index contributed by atoms with van der Waals surface area (Å²) in [6, 6.07) is 37.2. The molecular formula is C28H18ClNO. The molecule has 0 fully saturated rings. The molecule has 3 heteroatoms. The van der Waals surface area contributed by atoms with Crippen molar-refractivity contribution in [1.29, 1.82) is 0 Å². The lowest BCUT2D eigenvalue weighted by Gasteiger charge is -2.25. The number of rotatable bonds is 3. The molecule has 6 rings (SSSR count). The fourth-order valence-electron chi connectivity index (χ4n) is 4.28. The maximum atomic E-state index is 6.58. The Morgan fingerprint density at radius 1 is 0.516 bits per heavy atom. The second-order valence-electron chi connectivity index (χ2n) is 7.57. The molecule has 0 aliphatic rings. The lowest BCUT2D eigenvalue weighted by molar-refractivity contribution is 0.673. The zero-order valence-corrected chi connectivity index (χ0v) is 17.4. The molecule has 0 aliphatic heterocycles. The van der Waals surface area contributed by atoms with Crippen LogP contribution in [0.3, 0.4) is 0 Å².